The van der Waals surface area contributed by atoms with Gasteiger partial charge in [-0.25, -0.2) is 4.39 Å². The largest absolute Gasteiger partial charge is 0.342 e. The zero-order valence-electron chi connectivity index (χ0n) is 12.9. The zero-order chi connectivity index (χ0) is 15.7. The lowest BCUT2D eigenvalue weighted by Crippen LogP contribution is -2.41. The average molecular weight is 325 g/mol. The van der Waals surface area contributed by atoms with E-state index in [-0.39, 0.29) is 22.2 Å². The van der Waals surface area contributed by atoms with E-state index in [0.717, 1.165) is 39.0 Å². The molecule has 22 heavy (non-hydrogen) atoms. The Labute approximate surface area is 136 Å². The van der Waals surface area contributed by atoms with Gasteiger partial charge in [0.25, 0.3) is 0 Å². The molecule has 0 aliphatic carbocycles. The van der Waals surface area contributed by atoms with Crippen LogP contribution in [0.25, 0.3) is 0 Å². The Morgan fingerprint density at radius 3 is 2.68 bits per heavy atom. The van der Waals surface area contributed by atoms with Crippen molar-refractivity contribution in [1.82, 2.24) is 9.80 Å². The van der Waals surface area contributed by atoms with Gasteiger partial charge in [-0.15, -0.1) is 0 Å². The van der Waals surface area contributed by atoms with Crippen LogP contribution in [0.3, 0.4) is 0 Å². The molecule has 3 rings (SSSR count). The van der Waals surface area contributed by atoms with E-state index in [1.165, 1.54) is 0 Å². The van der Waals surface area contributed by atoms with Crippen molar-refractivity contribution in [3.05, 3.63) is 34.6 Å². The van der Waals surface area contributed by atoms with Crippen LogP contribution in [0.4, 0.5) is 4.39 Å². The van der Waals surface area contributed by atoms with Crippen molar-refractivity contribution in [2.75, 3.05) is 26.2 Å². The Balaban J connectivity index is 1.61. The van der Waals surface area contributed by atoms with Gasteiger partial charge in [0.1, 0.15) is 5.82 Å². The van der Waals surface area contributed by atoms with E-state index in [1.807, 2.05) is 11.8 Å². The SMILES string of the molecule is CCN1CC2(CCN(Cc3cccc(Cl)c3F)CC2)CC1=O. The van der Waals surface area contributed by atoms with Crippen molar-refractivity contribution in [3.63, 3.8) is 0 Å². The molecule has 0 unspecified atom stereocenters. The second-order valence-corrected chi connectivity index (χ2v) is 6.98. The molecule has 5 heteroatoms. The Bertz CT molecular complexity index is 570. The molecular weight excluding hydrogens is 303 g/mol. The first-order valence-electron chi connectivity index (χ1n) is 7.96. The minimum Gasteiger partial charge on any atom is -0.342 e. The molecular formula is C17H22ClFN2O. The van der Waals surface area contributed by atoms with Crippen LogP contribution in [0, 0.1) is 11.2 Å². The molecule has 0 saturated carbocycles. The Hall–Kier alpha value is -1.13. The third-order valence-corrected chi connectivity index (χ3v) is 5.42. The van der Waals surface area contributed by atoms with E-state index in [0.29, 0.717) is 18.5 Å². The van der Waals surface area contributed by atoms with Crippen molar-refractivity contribution >= 4 is 17.5 Å². The molecule has 2 heterocycles. The number of hydrogen-bond donors (Lipinski definition) is 0. The fraction of sp³-hybridized carbons (Fsp3) is 0.588. The van der Waals surface area contributed by atoms with Crippen molar-refractivity contribution < 1.29 is 9.18 Å². The lowest BCUT2D eigenvalue weighted by Gasteiger charge is -2.38. The minimum absolute atomic E-state index is 0.149. The molecule has 3 nitrogen and oxygen atoms in total. The van der Waals surface area contributed by atoms with E-state index in [1.54, 1.807) is 18.2 Å². The second kappa shape index (κ2) is 6.17. The number of likely N-dealkylation sites (tertiary alicyclic amines) is 2. The highest BCUT2D eigenvalue weighted by Gasteiger charge is 2.44. The van der Waals surface area contributed by atoms with Crippen LogP contribution in [-0.2, 0) is 11.3 Å². The Kier molecular flexibility index (Phi) is 4.42. The fourth-order valence-electron chi connectivity index (χ4n) is 3.70. The summed E-state index contributed by atoms with van der Waals surface area (Å²) < 4.78 is 14.0. The molecule has 1 aromatic rings. The molecule has 2 aliphatic rings. The Morgan fingerprint density at radius 1 is 1.32 bits per heavy atom. The van der Waals surface area contributed by atoms with E-state index < -0.39 is 0 Å². The number of carbonyl (C=O) groups excluding carboxylic acids is 1. The van der Waals surface area contributed by atoms with Crippen LogP contribution in [0.5, 0.6) is 0 Å². The number of piperidine rings is 1. The fourth-order valence-corrected chi connectivity index (χ4v) is 3.90. The van der Waals surface area contributed by atoms with Gasteiger partial charge in [0, 0.05) is 31.6 Å². The summed E-state index contributed by atoms with van der Waals surface area (Å²) in [5.74, 6) is -0.0190. The summed E-state index contributed by atoms with van der Waals surface area (Å²) in [6.45, 7) is 6.15. The number of hydrogen-bond acceptors (Lipinski definition) is 2. The molecule has 0 radical (unpaired) electrons. The second-order valence-electron chi connectivity index (χ2n) is 6.57. The molecule has 0 bridgehead atoms. The average Bonchev–Trinajstić information content (AvgIpc) is 2.82. The van der Waals surface area contributed by atoms with Gasteiger partial charge in [-0.05, 0) is 44.3 Å². The van der Waals surface area contributed by atoms with Gasteiger partial charge < -0.3 is 4.90 Å². The lowest BCUT2D eigenvalue weighted by atomic mass is 9.77. The third kappa shape index (κ3) is 2.99. The van der Waals surface area contributed by atoms with Crippen molar-refractivity contribution in [3.8, 4) is 0 Å². The van der Waals surface area contributed by atoms with Gasteiger partial charge in [-0.3, -0.25) is 9.69 Å². The summed E-state index contributed by atoms with van der Waals surface area (Å²) in [6.07, 6.45) is 2.70. The summed E-state index contributed by atoms with van der Waals surface area (Å²) in [5, 5.41) is 0.186. The molecule has 0 atom stereocenters. The predicted octanol–water partition coefficient (Wildman–Crippen LogP) is 3.31. The predicted molar refractivity (Wildman–Crippen MR) is 85.2 cm³/mol. The van der Waals surface area contributed by atoms with Gasteiger partial charge in [-0.1, -0.05) is 23.7 Å². The Morgan fingerprint density at radius 2 is 2.05 bits per heavy atom. The van der Waals surface area contributed by atoms with Gasteiger partial charge in [-0.2, -0.15) is 0 Å². The number of halogens is 2. The number of benzene rings is 1. The highest BCUT2D eigenvalue weighted by molar-refractivity contribution is 6.30. The molecule has 0 aromatic heterocycles. The topological polar surface area (TPSA) is 23.6 Å². The maximum atomic E-state index is 14.0. The molecule has 2 fully saturated rings. The highest BCUT2D eigenvalue weighted by atomic mass is 35.5. The van der Waals surface area contributed by atoms with E-state index in [4.69, 9.17) is 11.6 Å². The maximum Gasteiger partial charge on any atom is 0.223 e. The molecule has 2 aliphatic heterocycles. The van der Waals surface area contributed by atoms with Gasteiger partial charge >= 0.3 is 0 Å². The number of amides is 1. The third-order valence-electron chi connectivity index (χ3n) is 5.13. The normalized spacial score (nSPS) is 21.8. The number of carbonyl (C=O) groups is 1. The number of rotatable bonds is 3. The van der Waals surface area contributed by atoms with Crippen LogP contribution >= 0.6 is 11.6 Å². The summed E-state index contributed by atoms with van der Waals surface area (Å²) in [4.78, 5) is 16.2. The molecule has 1 aromatic carbocycles. The van der Waals surface area contributed by atoms with Gasteiger partial charge in [0.15, 0.2) is 0 Å². The quantitative estimate of drug-likeness (QED) is 0.851. The summed E-state index contributed by atoms with van der Waals surface area (Å²) in [7, 11) is 0. The van der Waals surface area contributed by atoms with Crippen LogP contribution in [0.1, 0.15) is 31.7 Å². The molecule has 1 spiro atoms. The van der Waals surface area contributed by atoms with Crippen molar-refractivity contribution in [1.29, 1.82) is 0 Å². The van der Waals surface area contributed by atoms with E-state index >= 15 is 0 Å². The standard InChI is InChI=1S/C17H22ClFN2O/c1-2-21-12-17(10-15(21)22)6-8-20(9-7-17)11-13-4-3-5-14(18)16(13)19/h3-5H,2,6-12H2,1H3. The first-order chi connectivity index (χ1) is 10.5. The molecule has 120 valence electrons. The smallest absolute Gasteiger partial charge is 0.223 e. The van der Waals surface area contributed by atoms with E-state index in [9.17, 15) is 9.18 Å². The number of nitrogens with zero attached hydrogens (tertiary/aromatic N) is 2. The monoisotopic (exact) mass is 324 g/mol. The lowest BCUT2D eigenvalue weighted by molar-refractivity contribution is -0.127. The summed E-state index contributed by atoms with van der Waals surface area (Å²) >= 11 is 5.84. The van der Waals surface area contributed by atoms with Crippen LogP contribution in [-0.4, -0.2) is 41.9 Å². The maximum absolute atomic E-state index is 14.0. The summed E-state index contributed by atoms with van der Waals surface area (Å²) in [5.41, 5.74) is 0.803. The van der Waals surface area contributed by atoms with Crippen LogP contribution < -0.4 is 0 Å². The molecule has 2 saturated heterocycles. The first kappa shape index (κ1) is 15.8. The highest BCUT2D eigenvalue weighted by Crippen LogP contribution is 2.41. The molecule has 0 N–H and O–H groups in total. The van der Waals surface area contributed by atoms with Gasteiger partial charge in [0.2, 0.25) is 5.91 Å². The first-order valence-corrected chi connectivity index (χ1v) is 8.34. The molecule has 1 amide bonds. The summed E-state index contributed by atoms with van der Waals surface area (Å²) in [6, 6.07) is 5.17. The van der Waals surface area contributed by atoms with Crippen molar-refractivity contribution in [2.45, 2.75) is 32.7 Å². The van der Waals surface area contributed by atoms with Crippen LogP contribution in [0.2, 0.25) is 5.02 Å². The van der Waals surface area contributed by atoms with E-state index in [2.05, 4.69) is 4.90 Å². The van der Waals surface area contributed by atoms with Crippen molar-refractivity contribution in [2.24, 2.45) is 5.41 Å². The zero-order valence-corrected chi connectivity index (χ0v) is 13.7. The van der Waals surface area contributed by atoms with Gasteiger partial charge in [0.05, 0.1) is 5.02 Å². The minimum atomic E-state index is -0.308. The van der Waals surface area contributed by atoms with Crippen LogP contribution in [0.15, 0.2) is 18.2 Å².